The van der Waals surface area contributed by atoms with Crippen molar-refractivity contribution in [3.05, 3.63) is 42.0 Å². The van der Waals surface area contributed by atoms with Crippen molar-refractivity contribution < 1.29 is 5.11 Å². The van der Waals surface area contributed by atoms with Crippen LogP contribution in [0.2, 0.25) is 0 Å². The smallest absolute Gasteiger partial charge is 0.0434 e. The third-order valence-corrected chi connectivity index (χ3v) is 2.49. The fourth-order valence-electron chi connectivity index (χ4n) is 1.49. The van der Waals surface area contributed by atoms with Gasteiger partial charge in [0.15, 0.2) is 0 Å². The number of rotatable bonds is 7. The topological polar surface area (TPSA) is 32.3 Å². The fraction of sp³-hybridized carbons (Fsp3) is 0.429. The first-order valence-electron chi connectivity index (χ1n) is 5.86. The lowest BCUT2D eigenvalue weighted by atomic mass is 10.1. The Morgan fingerprint density at radius 3 is 2.75 bits per heavy atom. The molecular weight excluding hydrogens is 198 g/mol. The lowest BCUT2D eigenvalue weighted by molar-refractivity contribution is 0.261. The molecule has 0 saturated carbocycles. The van der Waals surface area contributed by atoms with Crippen LogP contribution >= 0.6 is 0 Å². The molecule has 0 bridgehead atoms. The van der Waals surface area contributed by atoms with Crippen molar-refractivity contribution in [2.24, 2.45) is 5.92 Å². The van der Waals surface area contributed by atoms with E-state index in [0.29, 0.717) is 5.92 Å². The Hall–Kier alpha value is -1.12. The predicted octanol–water partition coefficient (Wildman–Crippen LogP) is 2.31. The minimum atomic E-state index is 0.280. The second kappa shape index (κ2) is 8.08. The zero-order chi connectivity index (χ0) is 11.6. The molecule has 0 amide bonds. The van der Waals surface area contributed by atoms with E-state index in [1.165, 1.54) is 5.56 Å². The zero-order valence-corrected chi connectivity index (χ0v) is 9.89. The van der Waals surface area contributed by atoms with Crippen molar-refractivity contribution >= 4 is 6.08 Å². The quantitative estimate of drug-likeness (QED) is 0.690. The van der Waals surface area contributed by atoms with E-state index in [1.807, 2.05) is 18.2 Å². The molecule has 88 valence electrons. The molecular formula is C14H21NO. The van der Waals surface area contributed by atoms with Gasteiger partial charge in [-0.25, -0.2) is 0 Å². The Balaban J connectivity index is 2.14. The van der Waals surface area contributed by atoms with Crippen molar-refractivity contribution in [1.29, 1.82) is 0 Å². The number of benzene rings is 1. The third-order valence-electron chi connectivity index (χ3n) is 2.49. The van der Waals surface area contributed by atoms with Crippen molar-refractivity contribution in [3.8, 4) is 0 Å². The van der Waals surface area contributed by atoms with E-state index in [9.17, 15) is 0 Å². The summed E-state index contributed by atoms with van der Waals surface area (Å²) in [5.41, 5.74) is 1.23. The number of aliphatic hydroxyl groups is 1. The largest absolute Gasteiger partial charge is 0.396 e. The van der Waals surface area contributed by atoms with Gasteiger partial charge in [0.1, 0.15) is 0 Å². The van der Waals surface area contributed by atoms with Gasteiger partial charge in [-0.15, -0.1) is 0 Å². The molecule has 16 heavy (non-hydrogen) atoms. The standard InChI is InChI=1S/C14H21NO/c1-13(9-11-16)12-15-10-5-8-14-6-3-2-4-7-14/h2-8,13,15-16H,9-12H2,1H3/b8-5+. The molecule has 2 N–H and O–H groups in total. The first kappa shape index (κ1) is 12.9. The fourth-order valence-corrected chi connectivity index (χ4v) is 1.49. The molecule has 0 spiro atoms. The van der Waals surface area contributed by atoms with Gasteiger partial charge in [0.25, 0.3) is 0 Å². The molecule has 2 nitrogen and oxygen atoms in total. The van der Waals surface area contributed by atoms with Crippen LogP contribution in [0.1, 0.15) is 18.9 Å². The number of hydrogen-bond donors (Lipinski definition) is 2. The summed E-state index contributed by atoms with van der Waals surface area (Å²) < 4.78 is 0. The number of nitrogens with one attached hydrogen (secondary N) is 1. The summed E-state index contributed by atoms with van der Waals surface area (Å²) in [6.07, 6.45) is 5.11. The normalized spacial score (nSPS) is 13.1. The molecule has 0 saturated heterocycles. The Morgan fingerprint density at radius 2 is 2.06 bits per heavy atom. The highest BCUT2D eigenvalue weighted by Crippen LogP contribution is 2.00. The van der Waals surface area contributed by atoms with Gasteiger partial charge in [-0.2, -0.15) is 0 Å². The van der Waals surface area contributed by atoms with E-state index in [2.05, 4.69) is 36.5 Å². The second-order valence-corrected chi connectivity index (χ2v) is 4.09. The monoisotopic (exact) mass is 219 g/mol. The van der Waals surface area contributed by atoms with E-state index in [4.69, 9.17) is 5.11 Å². The van der Waals surface area contributed by atoms with Crippen LogP contribution in [0.4, 0.5) is 0 Å². The van der Waals surface area contributed by atoms with Gasteiger partial charge in [0.05, 0.1) is 0 Å². The van der Waals surface area contributed by atoms with E-state index >= 15 is 0 Å². The maximum Gasteiger partial charge on any atom is 0.0434 e. The lowest BCUT2D eigenvalue weighted by Crippen LogP contribution is -2.21. The van der Waals surface area contributed by atoms with Crippen LogP contribution in [0.25, 0.3) is 6.08 Å². The Kier molecular flexibility index (Phi) is 6.54. The van der Waals surface area contributed by atoms with Crippen molar-refractivity contribution in [2.45, 2.75) is 13.3 Å². The highest BCUT2D eigenvalue weighted by atomic mass is 16.3. The van der Waals surface area contributed by atoms with Crippen LogP contribution in [-0.4, -0.2) is 24.8 Å². The van der Waals surface area contributed by atoms with Crippen molar-refractivity contribution in [1.82, 2.24) is 5.32 Å². The number of aliphatic hydroxyl groups excluding tert-OH is 1. The van der Waals surface area contributed by atoms with Crippen LogP contribution in [0.5, 0.6) is 0 Å². The van der Waals surface area contributed by atoms with Crippen molar-refractivity contribution in [3.63, 3.8) is 0 Å². The summed E-state index contributed by atoms with van der Waals surface area (Å²) in [5.74, 6) is 0.537. The molecule has 1 atom stereocenters. The van der Waals surface area contributed by atoms with Gasteiger partial charge < -0.3 is 10.4 Å². The highest BCUT2D eigenvalue weighted by molar-refractivity contribution is 5.48. The first-order valence-corrected chi connectivity index (χ1v) is 5.86. The predicted molar refractivity (Wildman–Crippen MR) is 69.2 cm³/mol. The van der Waals surface area contributed by atoms with Crippen LogP contribution in [0.15, 0.2) is 36.4 Å². The Labute approximate surface area is 98.0 Å². The first-order chi connectivity index (χ1) is 7.83. The summed E-state index contributed by atoms with van der Waals surface area (Å²) in [6.45, 7) is 4.26. The van der Waals surface area contributed by atoms with Crippen LogP contribution in [-0.2, 0) is 0 Å². The Morgan fingerprint density at radius 1 is 1.31 bits per heavy atom. The van der Waals surface area contributed by atoms with Gasteiger partial charge in [-0.3, -0.25) is 0 Å². The molecule has 1 unspecified atom stereocenters. The molecule has 0 aliphatic rings. The average molecular weight is 219 g/mol. The van der Waals surface area contributed by atoms with E-state index in [-0.39, 0.29) is 6.61 Å². The van der Waals surface area contributed by atoms with Gasteiger partial charge in [0, 0.05) is 13.2 Å². The summed E-state index contributed by atoms with van der Waals surface area (Å²) >= 11 is 0. The molecule has 0 aliphatic carbocycles. The van der Waals surface area contributed by atoms with Crippen LogP contribution in [0, 0.1) is 5.92 Å². The van der Waals surface area contributed by atoms with Crippen LogP contribution < -0.4 is 5.32 Å². The third kappa shape index (κ3) is 5.69. The lowest BCUT2D eigenvalue weighted by Gasteiger charge is -2.09. The van der Waals surface area contributed by atoms with E-state index < -0.39 is 0 Å². The van der Waals surface area contributed by atoms with Crippen molar-refractivity contribution in [2.75, 3.05) is 19.7 Å². The average Bonchev–Trinajstić information content (AvgIpc) is 2.30. The summed E-state index contributed by atoms with van der Waals surface area (Å²) in [7, 11) is 0. The Bertz CT molecular complexity index is 295. The molecule has 0 aromatic heterocycles. The molecule has 0 radical (unpaired) electrons. The molecule has 0 heterocycles. The zero-order valence-electron chi connectivity index (χ0n) is 9.89. The van der Waals surface area contributed by atoms with E-state index in [0.717, 1.165) is 19.5 Å². The minimum absolute atomic E-state index is 0.280. The van der Waals surface area contributed by atoms with E-state index in [1.54, 1.807) is 0 Å². The molecule has 2 heteroatoms. The number of hydrogen-bond acceptors (Lipinski definition) is 2. The van der Waals surface area contributed by atoms with Gasteiger partial charge in [0.2, 0.25) is 0 Å². The minimum Gasteiger partial charge on any atom is -0.396 e. The van der Waals surface area contributed by atoms with Gasteiger partial charge in [-0.1, -0.05) is 49.4 Å². The molecule has 0 aliphatic heterocycles. The molecule has 1 rings (SSSR count). The van der Waals surface area contributed by atoms with Crippen LogP contribution in [0.3, 0.4) is 0 Å². The summed E-state index contributed by atoms with van der Waals surface area (Å²) in [5, 5.41) is 12.1. The SMILES string of the molecule is CC(CCO)CNC/C=C/c1ccccc1. The maximum absolute atomic E-state index is 8.75. The summed E-state index contributed by atoms with van der Waals surface area (Å²) in [6, 6.07) is 10.3. The second-order valence-electron chi connectivity index (χ2n) is 4.09. The maximum atomic E-state index is 8.75. The molecule has 0 fully saturated rings. The molecule has 1 aromatic rings. The van der Waals surface area contributed by atoms with Gasteiger partial charge in [-0.05, 0) is 24.4 Å². The highest BCUT2D eigenvalue weighted by Gasteiger charge is 1.98. The molecule has 1 aromatic carbocycles. The summed E-state index contributed by atoms with van der Waals surface area (Å²) in [4.78, 5) is 0. The van der Waals surface area contributed by atoms with Gasteiger partial charge >= 0.3 is 0 Å².